The molecular formula is C12H14Cl2. The maximum absolute atomic E-state index is 6.20. The van der Waals surface area contributed by atoms with E-state index < -0.39 is 0 Å². The minimum Gasteiger partial charge on any atom is -0.123 e. The molecule has 2 heteroatoms. The Bertz CT molecular complexity index is 335. The van der Waals surface area contributed by atoms with Gasteiger partial charge in [0, 0.05) is 10.4 Å². The van der Waals surface area contributed by atoms with Gasteiger partial charge in [-0.1, -0.05) is 36.7 Å². The van der Waals surface area contributed by atoms with Crippen molar-refractivity contribution in [1.29, 1.82) is 0 Å². The zero-order valence-electron chi connectivity index (χ0n) is 8.26. The molecule has 0 spiro atoms. The van der Waals surface area contributed by atoms with Crippen LogP contribution < -0.4 is 0 Å². The molecule has 2 rings (SSSR count). The number of alkyl halides is 1. The fourth-order valence-electron chi connectivity index (χ4n) is 2.36. The van der Waals surface area contributed by atoms with E-state index in [4.69, 9.17) is 23.2 Å². The van der Waals surface area contributed by atoms with Crippen molar-refractivity contribution in [3.63, 3.8) is 0 Å². The standard InChI is InChI=1S/C12H14Cl2/c1-12(7-6-9(13)8-12)10-4-2-3-5-11(10)14/h2-5,9H,6-8H2,1H3. The van der Waals surface area contributed by atoms with E-state index in [1.54, 1.807) is 0 Å². The summed E-state index contributed by atoms with van der Waals surface area (Å²) in [4.78, 5) is 0. The van der Waals surface area contributed by atoms with E-state index in [0.717, 1.165) is 24.3 Å². The maximum Gasteiger partial charge on any atom is 0.0443 e. The first kappa shape index (κ1) is 10.3. The zero-order chi connectivity index (χ0) is 10.2. The maximum atomic E-state index is 6.20. The summed E-state index contributed by atoms with van der Waals surface area (Å²) >= 11 is 12.4. The van der Waals surface area contributed by atoms with Gasteiger partial charge in [-0.2, -0.15) is 0 Å². The Kier molecular flexibility index (Phi) is 2.77. The minimum absolute atomic E-state index is 0.185. The Morgan fingerprint density at radius 1 is 1.36 bits per heavy atom. The lowest BCUT2D eigenvalue weighted by Crippen LogP contribution is -2.18. The molecule has 1 saturated carbocycles. The van der Waals surface area contributed by atoms with Gasteiger partial charge < -0.3 is 0 Å². The van der Waals surface area contributed by atoms with Crippen LogP contribution in [0, 0.1) is 0 Å². The monoisotopic (exact) mass is 228 g/mol. The molecule has 1 aliphatic carbocycles. The summed E-state index contributed by atoms with van der Waals surface area (Å²) in [5, 5.41) is 1.19. The highest BCUT2D eigenvalue weighted by Gasteiger charge is 2.36. The molecule has 1 fully saturated rings. The highest BCUT2D eigenvalue weighted by atomic mass is 35.5. The van der Waals surface area contributed by atoms with E-state index in [-0.39, 0.29) is 5.41 Å². The minimum atomic E-state index is 0.185. The smallest absolute Gasteiger partial charge is 0.0443 e. The van der Waals surface area contributed by atoms with E-state index in [9.17, 15) is 0 Å². The molecule has 1 aliphatic rings. The average molecular weight is 229 g/mol. The van der Waals surface area contributed by atoms with Crippen molar-refractivity contribution in [2.45, 2.75) is 37.0 Å². The van der Waals surface area contributed by atoms with Crippen LogP contribution in [-0.4, -0.2) is 5.38 Å². The summed E-state index contributed by atoms with van der Waals surface area (Å²) in [6, 6.07) is 8.11. The third kappa shape index (κ3) is 1.78. The number of hydrogen-bond donors (Lipinski definition) is 0. The SMILES string of the molecule is CC1(c2ccccc2Cl)CCC(Cl)C1. The molecule has 0 heterocycles. The molecule has 0 radical (unpaired) electrons. The summed E-state index contributed by atoms with van der Waals surface area (Å²) in [5.41, 5.74) is 1.44. The summed E-state index contributed by atoms with van der Waals surface area (Å²) < 4.78 is 0. The first-order valence-corrected chi connectivity index (χ1v) is 5.82. The summed E-state index contributed by atoms with van der Waals surface area (Å²) in [7, 11) is 0. The molecular weight excluding hydrogens is 215 g/mol. The zero-order valence-corrected chi connectivity index (χ0v) is 9.78. The van der Waals surface area contributed by atoms with E-state index in [2.05, 4.69) is 13.0 Å². The van der Waals surface area contributed by atoms with Gasteiger partial charge in [0.15, 0.2) is 0 Å². The predicted octanol–water partition coefficient (Wildman–Crippen LogP) is 4.39. The van der Waals surface area contributed by atoms with Gasteiger partial charge in [-0.3, -0.25) is 0 Å². The van der Waals surface area contributed by atoms with Crippen LogP contribution in [-0.2, 0) is 5.41 Å². The summed E-state index contributed by atoms with van der Waals surface area (Å²) in [6.07, 6.45) is 3.28. The second-order valence-corrected chi connectivity index (χ2v) is 5.41. The molecule has 1 aromatic rings. The average Bonchev–Trinajstić information content (AvgIpc) is 2.48. The molecule has 0 nitrogen and oxygen atoms in total. The molecule has 0 N–H and O–H groups in total. The van der Waals surface area contributed by atoms with E-state index in [1.807, 2.05) is 18.2 Å². The van der Waals surface area contributed by atoms with Crippen LogP contribution in [0.2, 0.25) is 5.02 Å². The second-order valence-electron chi connectivity index (χ2n) is 4.38. The van der Waals surface area contributed by atoms with Gasteiger partial charge in [0.2, 0.25) is 0 Å². The van der Waals surface area contributed by atoms with Crippen LogP contribution >= 0.6 is 23.2 Å². The lowest BCUT2D eigenvalue weighted by atomic mass is 9.81. The predicted molar refractivity (Wildman–Crippen MR) is 62.3 cm³/mol. The molecule has 0 saturated heterocycles. The third-order valence-electron chi connectivity index (χ3n) is 3.21. The normalized spacial score (nSPS) is 32.1. The van der Waals surface area contributed by atoms with Crippen molar-refractivity contribution in [3.8, 4) is 0 Å². The van der Waals surface area contributed by atoms with Crippen LogP contribution in [0.25, 0.3) is 0 Å². The van der Waals surface area contributed by atoms with Gasteiger partial charge in [-0.05, 0) is 36.3 Å². The van der Waals surface area contributed by atoms with Crippen LogP contribution in [0.3, 0.4) is 0 Å². The van der Waals surface area contributed by atoms with E-state index >= 15 is 0 Å². The Labute approximate surface area is 95.2 Å². The fraction of sp³-hybridized carbons (Fsp3) is 0.500. The van der Waals surface area contributed by atoms with Crippen LogP contribution in [0.15, 0.2) is 24.3 Å². The van der Waals surface area contributed by atoms with Crippen molar-refractivity contribution in [2.24, 2.45) is 0 Å². The molecule has 0 aromatic heterocycles. The van der Waals surface area contributed by atoms with Gasteiger partial charge in [0.05, 0.1) is 0 Å². The quantitative estimate of drug-likeness (QED) is 0.626. The topological polar surface area (TPSA) is 0 Å². The number of halogens is 2. The number of benzene rings is 1. The number of hydrogen-bond acceptors (Lipinski definition) is 0. The van der Waals surface area contributed by atoms with E-state index in [1.165, 1.54) is 5.56 Å². The Morgan fingerprint density at radius 3 is 2.64 bits per heavy atom. The molecule has 0 bridgehead atoms. The molecule has 0 amide bonds. The summed E-state index contributed by atoms with van der Waals surface area (Å²) in [5.74, 6) is 0. The lowest BCUT2D eigenvalue weighted by Gasteiger charge is -2.25. The number of rotatable bonds is 1. The van der Waals surface area contributed by atoms with Gasteiger partial charge >= 0.3 is 0 Å². The molecule has 2 unspecified atom stereocenters. The Morgan fingerprint density at radius 2 is 2.07 bits per heavy atom. The van der Waals surface area contributed by atoms with Crippen molar-refractivity contribution in [1.82, 2.24) is 0 Å². The van der Waals surface area contributed by atoms with Gasteiger partial charge in [0.25, 0.3) is 0 Å². The second kappa shape index (κ2) is 3.75. The van der Waals surface area contributed by atoms with Gasteiger partial charge in [-0.15, -0.1) is 11.6 Å². The largest absolute Gasteiger partial charge is 0.123 e. The van der Waals surface area contributed by atoms with Crippen LogP contribution in [0.4, 0.5) is 0 Å². The highest BCUT2D eigenvalue weighted by molar-refractivity contribution is 6.31. The van der Waals surface area contributed by atoms with Gasteiger partial charge in [0.1, 0.15) is 0 Å². The van der Waals surface area contributed by atoms with Crippen LogP contribution in [0.1, 0.15) is 31.7 Å². The summed E-state index contributed by atoms with van der Waals surface area (Å²) in [6.45, 7) is 2.26. The first-order valence-electron chi connectivity index (χ1n) is 5.01. The first-order chi connectivity index (χ1) is 6.62. The lowest BCUT2D eigenvalue weighted by molar-refractivity contribution is 0.492. The highest BCUT2D eigenvalue weighted by Crippen LogP contribution is 2.44. The fourth-order valence-corrected chi connectivity index (χ4v) is 3.18. The molecule has 0 aliphatic heterocycles. The van der Waals surface area contributed by atoms with Gasteiger partial charge in [-0.25, -0.2) is 0 Å². The Hall–Kier alpha value is -0.200. The van der Waals surface area contributed by atoms with Crippen molar-refractivity contribution >= 4 is 23.2 Å². The van der Waals surface area contributed by atoms with Crippen molar-refractivity contribution in [3.05, 3.63) is 34.9 Å². The molecule has 2 atom stereocenters. The molecule has 14 heavy (non-hydrogen) atoms. The van der Waals surface area contributed by atoms with Crippen molar-refractivity contribution < 1.29 is 0 Å². The third-order valence-corrected chi connectivity index (χ3v) is 3.91. The molecule has 76 valence electrons. The van der Waals surface area contributed by atoms with E-state index in [0.29, 0.717) is 5.38 Å². The van der Waals surface area contributed by atoms with Crippen LogP contribution in [0.5, 0.6) is 0 Å². The Balaban J connectivity index is 2.35. The molecule has 1 aromatic carbocycles. The van der Waals surface area contributed by atoms with Crippen molar-refractivity contribution in [2.75, 3.05) is 0 Å².